The summed E-state index contributed by atoms with van der Waals surface area (Å²) >= 11 is 0. The second kappa shape index (κ2) is 19.3. The normalized spacial score (nSPS) is 15.6. The van der Waals surface area contributed by atoms with Crippen molar-refractivity contribution in [1.29, 1.82) is 0 Å². The van der Waals surface area contributed by atoms with Gasteiger partial charge < -0.3 is 41.8 Å². The monoisotopic (exact) mass is 1010 g/mol. The smallest absolute Gasteiger partial charge is 0.462 e. The lowest BCUT2D eigenvalue weighted by Gasteiger charge is -2.64. The molecule has 23 heteroatoms. The molecule has 0 N–H and O–H groups in total. The average molecular weight is 1010 g/mol. The Hall–Kier alpha value is 1.45. The van der Waals surface area contributed by atoms with Crippen molar-refractivity contribution in [2.45, 2.75) is 194 Å². The highest BCUT2D eigenvalue weighted by molar-refractivity contribution is 7.14. The van der Waals surface area contributed by atoms with Crippen LogP contribution in [0.15, 0.2) is 12.2 Å². The van der Waals surface area contributed by atoms with Crippen LogP contribution in [0.2, 0.25) is 181 Å². The van der Waals surface area contributed by atoms with E-state index in [-0.39, 0.29) is 13.0 Å². The molecule has 0 radical (unpaired) electrons. The van der Waals surface area contributed by atoms with E-state index in [0.29, 0.717) is 5.57 Å². The van der Waals surface area contributed by atoms with Gasteiger partial charge in [0.05, 0.1) is 6.61 Å². The number of hydrogen-bond donors (Lipinski definition) is 0. The quantitative estimate of drug-likeness (QED) is 0.0495. The molecule has 0 saturated heterocycles. The molecule has 0 amide bonds. The van der Waals surface area contributed by atoms with Crippen LogP contribution in [-0.2, 0) is 46.6 Å². The highest BCUT2D eigenvalue weighted by Gasteiger charge is 2.91. The molecule has 340 valence electrons. The van der Waals surface area contributed by atoms with E-state index in [9.17, 15) is 4.79 Å². The van der Waals surface area contributed by atoms with Crippen LogP contribution in [-0.4, -0.2) is 114 Å². The van der Waals surface area contributed by atoms with Gasteiger partial charge in [-0.3, -0.25) is 0 Å². The third-order valence-electron chi connectivity index (χ3n) is 6.59. The minimum atomic E-state index is -4.47. The minimum Gasteiger partial charge on any atom is -0.462 e. The lowest BCUT2D eigenvalue weighted by atomic mass is 10.4. The molecule has 0 heterocycles. The molecule has 0 bridgehead atoms. The van der Waals surface area contributed by atoms with Crippen molar-refractivity contribution in [2.24, 2.45) is 0 Å². The van der Waals surface area contributed by atoms with E-state index in [4.69, 9.17) is 41.8 Å². The molecule has 11 nitrogen and oxygen atoms in total. The summed E-state index contributed by atoms with van der Waals surface area (Å²) in [6.45, 7) is 64.5. The zero-order valence-corrected chi connectivity index (χ0v) is 54.1. The van der Waals surface area contributed by atoms with Gasteiger partial charge in [-0.1, -0.05) is 6.58 Å². The van der Waals surface area contributed by atoms with Crippen LogP contribution in [0.25, 0.3) is 0 Å². The summed E-state index contributed by atoms with van der Waals surface area (Å²) in [5, 5.41) is 0. The summed E-state index contributed by atoms with van der Waals surface area (Å²) in [6, 6.07) is 0. The van der Waals surface area contributed by atoms with E-state index in [1.165, 1.54) is 0 Å². The van der Waals surface area contributed by atoms with Gasteiger partial charge in [0.1, 0.15) is 0 Å². The molecule has 0 aliphatic carbocycles. The van der Waals surface area contributed by atoms with Crippen LogP contribution < -0.4 is 0 Å². The second-order valence-electron chi connectivity index (χ2n) is 24.2. The summed E-state index contributed by atoms with van der Waals surface area (Å²) in [4.78, 5) is 13.5. The Labute approximate surface area is 364 Å². The molecule has 0 aromatic heterocycles. The van der Waals surface area contributed by atoms with Gasteiger partial charge in [0.25, 0.3) is 0 Å². The number of rotatable bonds is 25. The third-order valence-corrected chi connectivity index (χ3v) is 47.7. The van der Waals surface area contributed by atoms with E-state index in [0.717, 1.165) is 0 Å². The van der Waals surface area contributed by atoms with Gasteiger partial charge in [0.15, 0.2) is 79.1 Å². The molecule has 0 fully saturated rings. The summed E-state index contributed by atoms with van der Waals surface area (Å²) in [5.74, 6) is -0.495. The Bertz CT molecular complexity index is 1080. The average Bonchev–Trinajstić information content (AvgIpc) is 2.75. The van der Waals surface area contributed by atoms with Gasteiger partial charge in [-0.05, 0) is 184 Å². The second-order valence-corrected chi connectivity index (χ2v) is 76.9. The first kappa shape index (κ1) is 58.5. The first-order valence-corrected chi connectivity index (χ1v) is 56.4. The maximum absolute atomic E-state index is 13.5. The first-order chi connectivity index (χ1) is 24.4. The van der Waals surface area contributed by atoms with E-state index >= 15 is 0 Å². The highest BCUT2D eigenvalue weighted by atomic mass is 28.6. The fourth-order valence-electron chi connectivity index (χ4n) is 6.04. The molecule has 0 unspecified atom stereocenters. The molecule has 0 saturated carbocycles. The van der Waals surface area contributed by atoms with Crippen LogP contribution in [0.1, 0.15) is 13.3 Å². The van der Waals surface area contributed by atoms with Crippen LogP contribution >= 0.6 is 0 Å². The molecule has 0 atom stereocenters. The van der Waals surface area contributed by atoms with Crippen molar-refractivity contribution in [3.8, 4) is 0 Å². The summed E-state index contributed by atoms with van der Waals surface area (Å²) in [5.41, 5.74) is 0.302. The van der Waals surface area contributed by atoms with Crippen molar-refractivity contribution in [1.82, 2.24) is 0 Å². The Morgan fingerprint density at radius 2 is 0.526 bits per heavy atom. The molecular weight excluding hydrogens is 921 g/mol. The largest absolute Gasteiger partial charge is 0.485 e. The molecule has 57 heavy (non-hydrogen) atoms. The fourth-order valence-corrected chi connectivity index (χ4v) is 60.2. The Balaban J connectivity index is 10.7. The SMILES string of the molecule is C=C(C)C(=O)OCCC([Si](O[Si](C)(C)C)(O[Si](C)(C)C)O[Si](C)(C)C)([Si](O[Si](C)(C)C)(O[Si](C)(C)C)O[Si](C)(C)C)[Si](O[Si](C)(C)C)(O[Si](C)(C)C)O[Si](C)(C)C. The van der Waals surface area contributed by atoms with Crippen molar-refractivity contribution in [2.75, 3.05) is 6.61 Å². The number of esters is 1. The van der Waals surface area contributed by atoms with Crippen molar-refractivity contribution in [3.05, 3.63) is 12.2 Å². The zero-order valence-electron chi connectivity index (χ0n) is 42.1. The predicted octanol–water partition coefficient (Wildman–Crippen LogP) is 11.8. The Morgan fingerprint density at radius 1 is 0.368 bits per heavy atom. The molecule has 0 aromatic carbocycles. The number of ether oxygens (including phenoxy) is 1. The Morgan fingerprint density at radius 3 is 0.649 bits per heavy atom. The van der Waals surface area contributed by atoms with Crippen molar-refractivity contribution >= 4 is 107 Å². The lowest BCUT2D eigenvalue weighted by molar-refractivity contribution is -0.139. The standard InChI is InChI=1S/C34H90O11Si12/c1-32(2)33(35)36-31-30-34(55(37-46(3,4)5,38-47(6,7)8)39-48(9,10)11,56(40-49(12,13)14,41-50(15,16)17)42-51(18,19)20)57(43-52(21,22)23,44-53(24,25)26)45-54(27,28)29/h1,30-31H2,2-29H3. The van der Waals surface area contributed by atoms with Crippen LogP contribution in [0.3, 0.4) is 0 Å². The first-order valence-electron chi connectivity index (χ1n) is 20.6. The topological polar surface area (TPSA) is 109 Å². The van der Waals surface area contributed by atoms with Crippen LogP contribution in [0, 0.1) is 0 Å². The number of carbonyl (C=O) groups excluding carboxylic acids is 1. The van der Waals surface area contributed by atoms with E-state index in [1.807, 2.05) is 0 Å². The van der Waals surface area contributed by atoms with Gasteiger partial charge in [0.2, 0.25) is 0 Å². The third kappa shape index (κ3) is 20.2. The van der Waals surface area contributed by atoms with Crippen LogP contribution in [0.4, 0.5) is 0 Å². The fraction of sp³-hybridized carbons (Fsp3) is 0.912. The van der Waals surface area contributed by atoms with Gasteiger partial charge in [-0.25, -0.2) is 4.79 Å². The van der Waals surface area contributed by atoms with Crippen molar-refractivity contribution < 1.29 is 46.6 Å². The molecule has 0 rings (SSSR count). The Kier molecular flexibility index (Phi) is 19.8. The maximum atomic E-state index is 13.5. The summed E-state index contributed by atoms with van der Waals surface area (Å²) < 4.78 is 76.5. The van der Waals surface area contributed by atoms with Gasteiger partial charge in [-0.2, -0.15) is 0 Å². The molecule has 0 spiro atoms. The van der Waals surface area contributed by atoms with Crippen LogP contribution in [0.5, 0.6) is 0 Å². The van der Waals surface area contributed by atoms with E-state index in [1.54, 1.807) is 6.92 Å². The highest BCUT2D eigenvalue weighted by Crippen LogP contribution is 2.64. The van der Waals surface area contributed by atoms with Gasteiger partial charge >= 0.3 is 32.4 Å². The van der Waals surface area contributed by atoms with E-state index < -0.39 is 112 Å². The zero-order chi connectivity index (χ0) is 46.1. The number of carbonyl (C=O) groups is 1. The molecular formula is C34H90O11Si12. The molecule has 0 aliphatic rings. The predicted molar refractivity (Wildman–Crippen MR) is 270 cm³/mol. The number of hydrogen-bond acceptors (Lipinski definition) is 11. The van der Waals surface area contributed by atoms with Gasteiger partial charge in [0, 0.05) is 12.0 Å². The molecule has 0 aromatic rings. The maximum Gasteiger partial charge on any atom is 0.485 e. The summed E-state index contributed by atoms with van der Waals surface area (Å²) in [6.07, 6.45) is 0.106. The summed E-state index contributed by atoms with van der Waals surface area (Å²) in [7, 11) is -37.5. The van der Waals surface area contributed by atoms with E-state index in [2.05, 4.69) is 183 Å². The minimum absolute atomic E-state index is 0.0680. The molecule has 0 aliphatic heterocycles. The van der Waals surface area contributed by atoms with Gasteiger partial charge in [-0.15, -0.1) is 0 Å². The van der Waals surface area contributed by atoms with Crippen molar-refractivity contribution in [3.63, 3.8) is 0 Å². The lowest BCUT2D eigenvalue weighted by Crippen LogP contribution is -2.88.